The van der Waals surface area contributed by atoms with Crippen LogP contribution in [-0.4, -0.2) is 5.11 Å². The van der Waals surface area contributed by atoms with Crippen molar-refractivity contribution in [3.8, 4) is 5.75 Å². The standard InChI is InChI=1S/C9H8ClNOS/c10-4-5-1-2-7-6(9(5)12)3-8(11)13-7/h1-3,12H,4,11H2. The lowest BCUT2D eigenvalue weighted by Gasteiger charge is -2.00. The van der Waals surface area contributed by atoms with Gasteiger partial charge in [-0.3, -0.25) is 0 Å². The summed E-state index contributed by atoms with van der Waals surface area (Å²) in [6.45, 7) is 0. The first kappa shape index (κ1) is 8.66. The number of alkyl halides is 1. The van der Waals surface area contributed by atoms with Gasteiger partial charge in [-0.25, -0.2) is 0 Å². The zero-order valence-electron chi connectivity index (χ0n) is 6.75. The van der Waals surface area contributed by atoms with E-state index >= 15 is 0 Å². The summed E-state index contributed by atoms with van der Waals surface area (Å²) in [6.07, 6.45) is 0. The number of thiophene rings is 1. The van der Waals surface area contributed by atoms with E-state index in [4.69, 9.17) is 17.3 Å². The quantitative estimate of drug-likeness (QED) is 0.716. The summed E-state index contributed by atoms with van der Waals surface area (Å²) in [5.74, 6) is 0.567. The monoisotopic (exact) mass is 213 g/mol. The normalized spacial score (nSPS) is 10.8. The summed E-state index contributed by atoms with van der Waals surface area (Å²) in [6, 6.07) is 5.51. The van der Waals surface area contributed by atoms with Crippen molar-refractivity contribution in [2.45, 2.75) is 5.88 Å². The van der Waals surface area contributed by atoms with Gasteiger partial charge in [-0.15, -0.1) is 22.9 Å². The second kappa shape index (κ2) is 3.09. The van der Waals surface area contributed by atoms with Gasteiger partial charge in [0, 0.05) is 15.6 Å². The van der Waals surface area contributed by atoms with Crippen LogP contribution in [0.1, 0.15) is 5.56 Å². The first-order valence-corrected chi connectivity index (χ1v) is 5.13. The molecule has 0 aliphatic heterocycles. The molecule has 68 valence electrons. The third kappa shape index (κ3) is 1.34. The predicted molar refractivity (Wildman–Crippen MR) is 57.5 cm³/mol. The number of phenols is 1. The largest absolute Gasteiger partial charge is 0.507 e. The van der Waals surface area contributed by atoms with Gasteiger partial charge < -0.3 is 10.8 Å². The fraction of sp³-hybridized carbons (Fsp3) is 0.111. The third-order valence-electron chi connectivity index (χ3n) is 1.92. The maximum absolute atomic E-state index is 9.73. The summed E-state index contributed by atoms with van der Waals surface area (Å²) >= 11 is 7.11. The molecule has 2 aromatic rings. The molecule has 1 heterocycles. The van der Waals surface area contributed by atoms with E-state index in [9.17, 15) is 5.11 Å². The molecule has 3 N–H and O–H groups in total. The minimum atomic E-state index is 0.250. The number of hydrogen-bond acceptors (Lipinski definition) is 3. The molecule has 0 atom stereocenters. The van der Waals surface area contributed by atoms with Gasteiger partial charge in [0.25, 0.3) is 0 Å². The number of benzene rings is 1. The van der Waals surface area contributed by atoms with E-state index in [1.54, 1.807) is 6.07 Å². The molecule has 1 aromatic heterocycles. The van der Waals surface area contributed by atoms with Gasteiger partial charge in [0.1, 0.15) is 5.75 Å². The molecule has 0 fully saturated rings. The van der Waals surface area contributed by atoms with Crippen molar-refractivity contribution in [2.75, 3.05) is 5.73 Å². The van der Waals surface area contributed by atoms with Crippen LogP contribution in [0.5, 0.6) is 5.75 Å². The summed E-state index contributed by atoms with van der Waals surface area (Å²) in [5, 5.41) is 11.2. The second-order valence-electron chi connectivity index (χ2n) is 2.77. The fourth-order valence-corrected chi connectivity index (χ4v) is 2.32. The van der Waals surface area contributed by atoms with Crippen molar-refractivity contribution in [2.24, 2.45) is 0 Å². The van der Waals surface area contributed by atoms with Crippen LogP contribution in [0.25, 0.3) is 10.1 Å². The molecule has 2 nitrogen and oxygen atoms in total. The number of hydrogen-bond donors (Lipinski definition) is 2. The number of halogens is 1. The Morgan fingerprint density at radius 3 is 2.92 bits per heavy atom. The highest BCUT2D eigenvalue weighted by Gasteiger charge is 2.07. The average molecular weight is 214 g/mol. The van der Waals surface area contributed by atoms with Crippen LogP contribution in [0, 0.1) is 0 Å². The molecule has 0 saturated carbocycles. The summed E-state index contributed by atoms with van der Waals surface area (Å²) in [5.41, 5.74) is 6.37. The van der Waals surface area contributed by atoms with Crippen molar-refractivity contribution in [1.29, 1.82) is 0 Å². The predicted octanol–water partition coefficient (Wildman–Crippen LogP) is 2.93. The second-order valence-corrected chi connectivity index (χ2v) is 4.15. The van der Waals surface area contributed by atoms with Crippen molar-refractivity contribution in [1.82, 2.24) is 0 Å². The molecule has 0 amide bonds. The minimum Gasteiger partial charge on any atom is -0.507 e. The molecule has 4 heteroatoms. The molecule has 2 rings (SSSR count). The number of rotatable bonds is 1. The van der Waals surface area contributed by atoms with E-state index in [0.717, 1.165) is 15.6 Å². The molecule has 13 heavy (non-hydrogen) atoms. The number of nitrogen functional groups attached to an aromatic ring is 1. The molecule has 0 spiro atoms. The molecule has 0 aliphatic rings. The Morgan fingerprint density at radius 1 is 1.46 bits per heavy atom. The molecule has 0 bridgehead atoms. The van der Waals surface area contributed by atoms with E-state index in [1.807, 2.05) is 12.1 Å². The Hall–Kier alpha value is -0.930. The lowest BCUT2D eigenvalue weighted by Crippen LogP contribution is -1.78. The molecular weight excluding hydrogens is 206 g/mol. The van der Waals surface area contributed by atoms with Crippen molar-refractivity contribution >= 4 is 38.0 Å². The SMILES string of the molecule is Nc1cc2c(O)c(CCl)ccc2s1. The van der Waals surface area contributed by atoms with Crippen LogP contribution < -0.4 is 5.73 Å². The van der Waals surface area contributed by atoms with Crippen molar-refractivity contribution < 1.29 is 5.11 Å². The molecule has 0 unspecified atom stereocenters. The highest BCUT2D eigenvalue weighted by atomic mass is 35.5. The molecule has 1 aromatic carbocycles. The maximum Gasteiger partial charge on any atom is 0.128 e. The Bertz CT molecular complexity index is 452. The van der Waals surface area contributed by atoms with Crippen LogP contribution in [0.15, 0.2) is 18.2 Å². The summed E-state index contributed by atoms with van der Waals surface area (Å²) in [4.78, 5) is 0. The van der Waals surface area contributed by atoms with E-state index in [2.05, 4.69) is 0 Å². The highest BCUT2D eigenvalue weighted by molar-refractivity contribution is 7.22. The molecule has 0 saturated heterocycles. The van der Waals surface area contributed by atoms with Gasteiger partial charge in [0.05, 0.1) is 10.9 Å². The van der Waals surface area contributed by atoms with Gasteiger partial charge in [-0.2, -0.15) is 0 Å². The average Bonchev–Trinajstić information content (AvgIpc) is 2.47. The molecule has 0 aliphatic carbocycles. The number of nitrogens with two attached hydrogens (primary N) is 1. The number of phenolic OH excluding ortho intramolecular Hbond substituents is 1. The first-order chi connectivity index (χ1) is 6.22. The fourth-order valence-electron chi connectivity index (χ4n) is 1.27. The van der Waals surface area contributed by atoms with Gasteiger partial charge in [-0.05, 0) is 12.1 Å². The smallest absolute Gasteiger partial charge is 0.128 e. The maximum atomic E-state index is 9.73. The van der Waals surface area contributed by atoms with Crippen LogP contribution in [0.4, 0.5) is 5.00 Å². The third-order valence-corrected chi connectivity index (χ3v) is 3.14. The number of fused-ring (bicyclic) bond motifs is 1. The lowest BCUT2D eigenvalue weighted by molar-refractivity contribution is 0.477. The molecule has 0 radical (unpaired) electrons. The molecular formula is C9H8ClNOS. The van der Waals surface area contributed by atoms with Crippen molar-refractivity contribution in [3.05, 3.63) is 23.8 Å². The van der Waals surface area contributed by atoms with Gasteiger partial charge >= 0.3 is 0 Å². The highest BCUT2D eigenvalue weighted by Crippen LogP contribution is 2.36. The Labute approximate surface area is 84.6 Å². The van der Waals surface area contributed by atoms with E-state index in [1.165, 1.54) is 11.3 Å². The minimum absolute atomic E-state index is 0.250. The van der Waals surface area contributed by atoms with Crippen molar-refractivity contribution in [3.63, 3.8) is 0 Å². The Morgan fingerprint density at radius 2 is 2.23 bits per heavy atom. The number of anilines is 1. The van der Waals surface area contributed by atoms with Crippen LogP contribution >= 0.6 is 22.9 Å². The Kier molecular flexibility index (Phi) is 2.06. The first-order valence-electron chi connectivity index (χ1n) is 3.78. The zero-order valence-corrected chi connectivity index (χ0v) is 8.32. The number of aromatic hydroxyl groups is 1. The van der Waals surface area contributed by atoms with E-state index in [-0.39, 0.29) is 5.75 Å². The van der Waals surface area contributed by atoms with E-state index in [0.29, 0.717) is 10.9 Å². The van der Waals surface area contributed by atoms with Crippen LogP contribution in [-0.2, 0) is 5.88 Å². The Balaban J connectivity index is 2.78. The summed E-state index contributed by atoms with van der Waals surface area (Å²) < 4.78 is 0.990. The van der Waals surface area contributed by atoms with Crippen LogP contribution in [0.3, 0.4) is 0 Å². The lowest BCUT2D eigenvalue weighted by atomic mass is 10.1. The van der Waals surface area contributed by atoms with Gasteiger partial charge in [0.15, 0.2) is 0 Å². The van der Waals surface area contributed by atoms with Gasteiger partial charge in [-0.1, -0.05) is 6.07 Å². The van der Waals surface area contributed by atoms with E-state index < -0.39 is 0 Å². The summed E-state index contributed by atoms with van der Waals surface area (Å²) in [7, 11) is 0. The zero-order chi connectivity index (χ0) is 9.42. The van der Waals surface area contributed by atoms with Gasteiger partial charge in [0.2, 0.25) is 0 Å². The van der Waals surface area contributed by atoms with Crippen LogP contribution in [0.2, 0.25) is 0 Å². The topological polar surface area (TPSA) is 46.2 Å².